The third-order valence-electron chi connectivity index (χ3n) is 11.0. The third kappa shape index (κ3) is 34.3. The summed E-state index contributed by atoms with van der Waals surface area (Å²) in [4.78, 5) is 46.0. The molecule has 1 rings (SSSR count). The fraction of sp³-hybridized carbons (Fsp3) is 0.875. The smallest absolute Gasteiger partial charge is 0.293 e. The third-order valence-corrected chi connectivity index (χ3v) is 11.0. The molecule has 9 heteroatoms. The van der Waals surface area contributed by atoms with Gasteiger partial charge < -0.3 is 29.8 Å². The van der Waals surface area contributed by atoms with Crippen LogP contribution in [-0.2, 0) is 19.1 Å². The van der Waals surface area contributed by atoms with Gasteiger partial charge in [-0.2, -0.15) is 0 Å². The summed E-state index contributed by atoms with van der Waals surface area (Å²) in [6.45, 7) is 17.3. The fourth-order valence-electron chi connectivity index (χ4n) is 7.26. The molecule has 0 aliphatic carbocycles. The van der Waals surface area contributed by atoms with Crippen LogP contribution in [-0.4, -0.2) is 71.2 Å². The largest absolute Gasteiger partial charge is 0.468 e. The molecule has 1 aromatic rings. The Labute approximate surface area is 351 Å². The minimum absolute atomic E-state index is 0.405. The predicted molar refractivity (Wildman–Crippen MR) is 246 cm³/mol. The van der Waals surface area contributed by atoms with E-state index in [2.05, 4.69) is 50.2 Å². The summed E-state index contributed by atoms with van der Waals surface area (Å²) in [5, 5.41) is 5.93. The van der Waals surface area contributed by atoms with Crippen LogP contribution in [0.5, 0.6) is 0 Å². The number of anilines is 2. The molecule has 0 saturated carbocycles. The molecule has 336 valence electrons. The van der Waals surface area contributed by atoms with Gasteiger partial charge in [-0.1, -0.05) is 163 Å². The summed E-state index contributed by atoms with van der Waals surface area (Å²) in [7, 11) is 3.47. The highest BCUT2D eigenvalue weighted by Gasteiger charge is 2.19. The average Bonchev–Trinajstić information content (AvgIpc) is 3.23. The van der Waals surface area contributed by atoms with Crippen molar-refractivity contribution in [2.24, 2.45) is 11.8 Å². The minimum atomic E-state index is -0.419. The fourth-order valence-corrected chi connectivity index (χ4v) is 7.26. The molecule has 0 unspecified atom stereocenters. The average molecular weight is 808 g/mol. The van der Waals surface area contributed by atoms with Crippen molar-refractivity contribution >= 4 is 24.1 Å². The van der Waals surface area contributed by atoms with Crippen molar-refractivity contribution in [2.45, 2.75) is 208 Å². The summed E-state index contributed by atoms with van der Waals surface area (Å²) in [6, 6.07) is 0. The first kappa shape index (κ1) is 56.8. The number of ether oxygens (including phenoxy) is 2. The topological polar surface area (TPSA) is 114 Å². The van der Waals surface area contributed by atoms with E-state index in [1.54, 1.807) is 14.2 Å². The molecule has 0 radical (unpaired) electrons. The lowest BCUT2D eigenvalue weighted by Crippen LogP contribution is -2.37. The van der Waals surface area contributed by atoms with Gasteiger partial charge in [0.05, 0.1) is 6.61 Å². The van der Waals surface area contributed by atoms with E-state index >= 15 is 0 Å². The zero-order chi connectivity index (χ0) is 42.6. The maximum atomic E-state index is 11.6. The molecule has 0 spiro atoms. The van der Waals surface area contributed by atoms with Gasteiger partial charge in [-0.3, -0.25) is 14.4 Å². The first-order chi connectivity index (χ1) is 27.8. The lowest BCUT2D eigenvalue weighted by Gasteiger charge is -2.23. The highest BCUT2D eigenvalue weighted by Crippen LogP contribution is 2.21. The van der Waals surface area contributed by atoms with Crippen LogP contribution in [0.3, 0.4) is 0 Å². The van der Waals surface area contributed by atoms with E-state index in [0.29, 0.717) is 37.4 Å². The number of unbranched alkanes of at least 4 members (excludes halogenated alkanes) is 14. The Morgan fingerprint density at radius 2 is 0.982 bits per heavy atom. The molecule has 0 amide bonds. The molecule has 9 nitrogen and oxygen atoms in total. The molecule has 0 atom stereocenters. The maximum absolute atomic E-state index is 11.6. The van der Waals surface area contributed by atoms with Crippen molar-refractivity contribution in [3.8, 4) is 0 Å². The van der Waals surface area contributed by atoms with Gasteiger partial charge in [-0.15, -0.1) is 0 Å². The van der Waals surface area contributed by atoms with Gasteiger partial charge in [-0.25, -0.2) is 0 Å². The Bertz CT molecular complexity index is 1030. The Morgan fingerprint density at radius 3 is 1.44 bits per heavy atom. The van der Waals surface area contributed by atoms with Crippen molar-refractivity contribution in [1.82, 2.24) is 4.90 Å². The van der Waals surface area contributed by atoms with Crippen LogP contribution in [0.25, 0.3) is 0 Å². The first-order valence-electron chi connectivity index (χ1n) is 23.8. The van der Waals surface area contributed by atoms with Crippen LogP contribution in [0.15, 0.2) is 9.59 Å². The first-order valence-corrected chi connectivity index (χ1v) is 23.8. The summed E-state index contributed by atoms with van der Waals surface area (Å²) >= 11 is 0. The second-order valence-electron chi connectivity index (χ2n) is 16.1. The number of nitrogens with one attached hydrogen (secondary N) is 2. The molecular formula is C48H93N3O6. The quantitative estimate of drug-likeness (QED) is 0.0380. The van der Waals surface area contributed by atoms with Crippen LogP contribution in [0.1, 0.15) is 208 Å². The Kier molecular flexibility index (Phi) is 44.7. The Hall–Kier alpha value is -2.26. The minimum Gasteiger partial charge on any atom is -0.468 e. The molecule has 1 aromatic carbocycles. The standard InChI is InChI=1S/C24H43N3O3.C12H24O2.C12H26O/c1-3-4-5-6-9-12-17-27(18-13-10-7-8-11-14-20-28)19-15-16-26-22-21(25-2)23(29)24(22)30;1-3-5-7-12(8-6-4-2)9-10-14-11-13;1-4-6-8-12(9-7-5-2)10-11-13-3/h20,25-26H,3-19H2,1-2H3;11-12H,3-10H2,1-2H3;12H,4-11H2,1-3H3. The van der Waals surface area contributed by atoms with Crippen LogP contribution in [0, 0.1) is 11.8 Å². The van der Waals surface area contributed by atoms with Gasteiger partial charge in [0.15, 0.2) is 0 Å². The van der Waals surface area contributed by atoms with Gasteiger partial charge >= 0.3 is 0 Å². The van der Waals surface area contributed by atoms with Gasteiger partial charge in [0.1, 0.15) is 17.7 Å². The van der Waals surface area contributed by atoms with E-state index in [-0.39, 0.29) is 0 Å². The number of carbonyl (C=O) groups excluding carboxylic acids is 2. The SMILES string of the molecule is CCCCC(CCCC)CCOC.CCCCC(CCCC)CCOC=O.CCCCCCCCN(CCCCCCCC=O)CCCNc1c(NC)c(=O)c1=O. The van der Waals surface area contributed by atoms with Gasteiger partial charge in [0.25, 0.3) is 17.3 Å². The number of rotatable bonds is 40. The van der Waals surface area contributed by atoms with Crippen molar-refractivity contribution in [2.75, 3.05) is 64.2 Å². The summed E-state index contributed by atoms with van der Waals surface area (Å²) in [5.74, 6) is 1.68. The lowest BCUT2D eigenvalue weighted by atomic mass is 9.93. The number of aldehydes is 1. The molecule has 0 aliphatic rings. The molecule has 0 heterocycles. The van der Waals surface area contributed by atoms with Crippen molar-refractivity contribution in [1.29, 1.82) is 0 Å². The lowest BCUT2D eigenvalue weighted by molar-refractivity contribution is -0.129. The maximum Gasteiger partial charge on any atom is 0.293 e. The number of hydrogen-bond donors (Lipinski definition) is 2. The Balaban J connectivity index is 0. The van der Waals surface area contributed by atoms with E-state index < -0.39 is 10.9 Å². The van der Waals surface area contributed by atoms with Crippen LogP contribution in [0.2, 0.25) is 0 Å². The normalized spacial score (nSPS) is 11.1. The molecular weight excluding hydrogens is 715 g/mol. The summed E-state index contributed by atoms with van der Waals surface area (Å²) in [6.07, 6.45) is 34.5. The monoisotopic (exact) mass is 808 g/mol. The van der Waals surface area contributed by atoms with Gasteiger partial charge in [-0.05, 0) is 70.0 Å². The van der Waals surface area contributed by atoms with Crippen LogP contribution < -0.4 is 21.5 Å². The van der Waals surface area contributed by atoms with Gasteiger partial charge in [0, 0.05) is 33.7 Å². The van der Waals surface area contributed by atoms with Crippen molar-refractivity contribution < 1.29 is 19.1 Å². The van der Waals surface area contributed by atoms with E-state index in [1.807, 2.05) is 0 Å². The predicted octanol–water partition coefficient (Wildman–Crippen LogP) is 11.9. The van der Waals surface area contributed by atoms with Crippen LogP contribution in [0.4, 0.5) is 11.4 Å². The molecule has 2 N–H and O–H groups in total. The second kappa shape index (κ2) is 44.8. The Morgan fingerprint density at radius 1 is 0.544 bits per heavy atom. The summed E-state index contributed by atoms with van der Waals surface area (Å²) < 4.78 is 9.88. The van der Waals surface area contributed by atoms with Crippen molar-refractivity contribution in [3.63, 3.8) is 0 Å². The highest BCUT2D eigenvalue weighted by molar-refractivity contribution is 5.73. The van der Waals surface area contributed by atoms with Crippen LogP contribution >= 0.6 is 0 Å². The number of nitrogens with zero attached hydrogens (tertiary/aromatic N) is 1. The molecule has 0 aliphatic heterocycles. The summed E-state index contributed by atoms with van der Waals surface area (Å²) in [5.41, 5.74) is 0.0366. The molecule has 0 aromatic heterocycles. The van der Waals surface area contributed by atoms with Crippen molar-refractivity contribution in [3.05, 3.63) is 20.4 Å². The van der Waals surface area contributed by atoms with Gasteiger partial charge in [0.2, 0.25) is 0 Å². The number of methoxy groups -OCH3 is 1. The molecule has 0 bridgehead atoms. The number of hydrogen-bond acceptors (Lipinski definition) is 9. The van der Waals surface area contributed by atoms with E-state index in [0.717, 1.165) is 70.0 Å². The van der Waals surface area contributed by atoms with E-state index in [9.17, 15) is 19.2 Å². The van der Waals surface area contributed by atoms with E-state index in [1.165, 1.54) is 141 Å². The second-order valence-corrected chi connectivity index (χ2v) is 16.1. The highest BCUT2D eigenvalue weighted by atomic mass is 16.5. The molecule has 57 heavy (non-hydrogen) atoms. The zero-order valence-electron chi connectivity index (χ0n) is 38.5. The zero-order valence-corrected chi connectivity index (χ0v) is 38.5. The molecule has 0 saturated heterocycles. The molecule has 0 fully saturated rings. The number of carbonyl (C=O) groups is 2. The van der Waals surface area contributed by atoms with E-state index in [4.69, 9.17) is 9.47 Å².